The minimum atomic E-state index is -0.180. The first kappa shape index (κ1) is 25.1. The van der Waals surface area contributed by atoms with Crippen LogP contribution in [0, 0.1) is 0 Å². The highest BCUT2D eigenvalue weighted by atomic mass is 32.1. The highest BCUT2D eigenvalue weighted by Crippen LogP contribution is 2.43. The molecule has 0 radical (unpaired) electrons. The van der Waals surface area contributed by atoms with E-state index in [1.165, 1.54) is 22.2 Å². The number of thiophene rings is 1. The Balaban J connectivity index is 1.27. The van der Waals surface area contributed by atoms with Gasteiger partial charge in [0.15, 0.2) is 17.5 Å². The van der Waals surface area contributed by atoms with Gasteiger partial charge in [-0.2, -0.15) is 0 Å². The molecule has 54 heavy (non-hydrogen) atoms. The Morgan fingerprint density at radius 1 is 0.444 bits per heavy atom. The van der Waals surface area contributed by atoms with Crippen molar-refractivity contribution in [3.63, 3.8) is 0 Å². The van der Waals surface area contributed by atoms with Crippen LogP contribution in [0.3, 0.4) is 0 Å². The minimum absolute atomic E-state index is 0.0482. The molecule has 3 heterocycles. The maximum Gasteiger partial charge on any atom is 0.166 e. The van der Waals surface area contributed by atoms with Gasteiger partial charge in [-0.15, -0.1) is 11.3 Å². The van der Waals surface area contributed by atoms with E-state index in [1.54, 1.807) is 15.9 Å². The Labute approximate surface area is 323 Å². The third-order valence-corrected chi connectivity index (χ3v) is 11.2. The molecule has 5 heteroatoms. The van der Waals surface area contributed by atoms with Crippen molar-refractivity contribution in [1.29, 1.82) is 0 Å². The Hall–Kier alpha value is -6.95. The zero-order valence-electron chi connectivity index (χ0n) is 34.6. The molecule has 11 rings (SSSR count). The normalized spacial score (nSPS) is 13.3. The molecule has 0 aliphatic rings. The summed E-state index contributed by atoms with van der Waals surface area (Å²) in [4.78, 5) is 15.3. The van der Waals surface area contributed by atoms with Gasteiger partial charge in [-0.1, -0.05) is 145 Å². The van der Waals surface area contributed by atoms with Gasteiger partial charge in [0.05, 0.1) is 24.9 Å². The molecule has 0 N–H and O–H groups in total. The molecule has 0 spiro atoms. The monoisotopic (exact) mass is 712 g/mol. The molecule has 0 saturated carbocycles. The molecule has 0 saturated heterocycles. The lowest BCUT2D eigenvalue weighted by molar-refractivity contribution is 1.06. The van der Waals surface area contributed by atoms with Gasteiger partial charge in [-0.05, 0) is 58.2 Å². The van der Waals surface area contributed by atoms with Crippen molar-refractivity contribution in [1.82, 2.24) is 19.5 Å². The van der Waals surface area contributed by atoms with Crippen LogP contribution in [0.2, 0.25) is 0 Å². The smallest absolute Gasteiger partial charge is 0.166 e. The molecular formula is C49H30N4S. The average molecular weight is 713 g/mol. The summed E-state index contributed by atoms with van der Waals surface area (Å²) in [5.74, 6) is 1.25. The van der Waals surface area contributed by atoms with Crippen LogP contribution in [-0.4, -0.2) is 19.5 Å². The lowest BCUT2D eigenvalue weighted by Gasteiger charge is -2.17. The van der Waals surface area contributed by atoms with E-state index in [1.807, 2.05) is 91.0 Å². The van der Waals surface area contributed by atoms with Crippen LogP contribution >= 0.6 is 11.3 Å². The van der Waals surface area contributed by atoms with Crippen LogP contribution in [0.1, 0.15) is 8.22 Å². The van der Waals surface area contributed by atoms with Crippen LogP contribution in [0.5, 0.6) is 0 Å². The van der Waals surface area contributed by atoms with Crippen molar-refractivity contribution in [3.8, 4) is 51.0 Å². The van der Waals surface area contributed by atoms with E-state index in [9.17, 15) is 2.74 Å². The molecule has 0 fully saturated rings. The van der Waals surface area contributed by atoms with E-state index < -0.39 is 0 Å². The first-order chi connectivity index (χ1) is 29.2. The van der Waals surface area contributed by atoms with Crippen LogP contribution in [-0.2, 0) is 0 Å². The predicted molar refractivity (Wildman–Crippen MR) is 226 cm³/mol. The van der Waals surface area contributed by atoms with Gasteiger partial charge in [-0.25, -0.2) is 15.0 Å². The Morgan fingerprint density at radius 2 is 1.11 bits per heavy atom. The van der Waals surface area contributed by atoms with Gasteiger partial charge in [0.2, 0.25) is 0 Å². The van der Waals surface area contributed by atoms with Crippen LogP contribution in [0.4, 0.5) is 0 Å². The van der Waals surface area contributed by atoms with Gasteiger partial charge < -0.3 is 4.57 Å². The van der Waals surface area contributed by atoms with E-state index in [4.69, 9.17) is 20.4 Å². The van der Waals surface area contributed by atoms with Crippen LogP contribution in [0.25, 0.3) is 104 Å². The molecule has 0 unspecified atom stereocenters. The van der Waals surface area contributed by atoms with Crippen molar-refractivity contribution in [2.24, 2.45) is 0 Å². The predicted octanol–water partition coefficient (Wildman–Crippen LogP) is 13.2. The number of hydrogen-bond donors (Lipinski definition) is 0. The number of para-hydroxylation sites is 2. The fraction of sp³-hybridized carbons (Fsp3) is 0. The zero-order chi connectivity index (χ0) is 40.8. The third kappa shape index (κ3) is 4.94. The lowest BCUT2D eigenvalue weighted by atomic mass is 9.99. The standard InChI is InChI=1S/C49H30N4S/c1-2-14-32(15-3-1)47-50-48(35-26-25-31-13-4-5-16-33(31)29-35)52-49(51-47)41-28-27-34(36-20-12-21-40-39-19-8-11-24-45(39)54-46(36)40)30-44(41)53-42-22-9-6-17-37(42)38-18-7-10-23-43(38)53/h1-30H/i6D,7D,17D,18D,22D,23D. The quantitative estimate of drug-likeness (QED) is 0.178. The van der Waals surface area contributed by atoms with E-state index in [2.05, 4.69) is 42.5 Å². The zero-order valence-corrected chi connectivity index (χ0v) is 29.4. The topological polar surface area (TPSA) is 43.6 Å². The maximum atomic E-state index is 9.31. The Morgan fingerprint density at radius 3 is 1.93 bits per heavy atom. The summed E-state index contributed by atoms with van der Waals surface area (Å²) in [7, 11) is 0. The molecule has 0 aliphatic heterocycles. The second kappa shape index (κ2) is 12.3. The largest absolute Gasteiger partial charge is 0.308 e. The second-order valence-electron chi connectivity index (χ2n) is 13.1. The summed E-state index contributed by atoms with van der Waals surface area (Å²) in [6.07, 6.45) is 0. The van der Waals surface area contributed by atoms with Crippen molar-refractivity contribution in [2.75, 3.05) is 0 Å². The summed E-state index contributed by atoms with van der Waals surface area (Å²) < 4.78 is 58.1. The molecule has 252 valence electrons. The Bertz CT molecular complexity index is 3510. The molecule has 8 aromatic carbocycles. The summed E-state index contributed by atoms with van der Waals surface area (Å²) >= 11 is 1.71. The van der Waals surface area contributed by atoms with Crippen LogP contribution < -0.4 is 0 Å². The molecule has 0 aliphatic carbocycles. The third-order valence-electron chi connectivity index (χ3n) is 10.00. The van der Waals surface area contributed by atoms with Crippen molar-refractivity contribution < 1.29 is 8.22 Å². The number of hydrogen-bond acceptors (Lipinski definition) is 4. The van der Waals surface area contributed by atoms with E-state index >= 15 is 0 Å². The molecule has 0 atom stereocenters. The van der Waals surface area contributed by atoms with Gasteiger partial charge >= 0.3 is 0 Å². The molecule has 4 nitrogen and oxygen atoms in total. The van der Waals surface area contributed by atoms with Crippen molar-refractivity contribution in [3.05, 3.63) is 182 Å². The van der Waals surface area contributed by atoms with Gasteiger partial charge in [0, 0.05) is 47.6 Å². The number of aromatic nitrogens is 4. The van der Waals surface area contributed by atoms with Gasteiger partial charge in [-0.3, -0.25) is 0 Å². The molecular weight excluding hydrogens is 677 g/mol. The van der Waals surface area contributed by atoms with Crippen molar-refractivity contribution >= 4 is 64.1 Å². The lowest BCUT2D eigenvalue weighted by Crippen LogP contribution is -2.04. The number of nitrogens with zero attached hydrogens (tertiary/aromatic N) is 4. The van der Waals surface area contributed by atoms with E-state index in [0.717, 1.165) is 43.1 Å². The number of fused-ring (bicyclic) bond motifs is 7. The van der Waals surface area contributed by atoms with Gasteiger partial charge in [0.25, 0.3) is 0 Å². The maximum absolute atomic E-state index is 9.31. The molecule has 3 aromatic heterocycles. The first-order valence-corrected chi connectivity index (χ1v) is 18.4. The first-order valence-electron chi connectivity index (χ1n) is 20.6. The summed E-state index contributed by atoms with van der Waals surface area (Å²) in [5, 5.41) is 4.77. The highest BCUT2D eigenvalue weighted by molar-refractivity contribution is 7.26. The molecule has 0 amide bonds. The summed E-state index contributed by atoms with van der Waals surface area (Å²) in [6, 6.07) is 46.4. The van der Waals surface area contributed by atoms with E-state index in [-0.39, 0.29) is 58.1 Å². The van der Waals surface area contributed by atoms with Gasteiger partial charge in [0.1, 0.15) is 0 Å². The van der Waals surface area contributed by atoms with Crippen LogP contribution in [0.15, 0.2) is 182 Å². The molecule has 0 bridgehead atoms. The summed E-state index contributed by atoms with van der Waals surface area (Å²) in [6.45, 7) is 0. The minimum Gasteiger partial charge on any atom is -0.308 e. The SMILES string of the molecule is [2H]c1cc([2H])c2c(c1[2H])c1c([2H])c([2H])cc([2H])c1n2-c1cc(-c2cccc3c2sc2ccccc23)ccc1-c1nc(-c2ccccc2)nc(-c2ccc3ccccc3c2)n1. The fourth-order valence-electron chi connectivity index (χ4n) is 7.47. The van der Waals surface area contributed by atoms with E-state index in [0.29, 0.717) is 28.7 Å². The number of benzene rings is 8. The molecule has 11 aromatic rings. The number of rotatable bonds is 5. The van der Waals surface area contributed by atoms with Crippen molar-refractivity contribution in [2.45, 2.75) is 0 Å². The summed E-state index contributed by atoms with van der Waals surface area (Å²) in [5.41, 5.74) is 5.01. The average Bonchev–Trinajstić information content (AvgIpc) is 3.85. The fourth-order valence-corrected chi connectivity index (χ4v) is 8.71. The Kier molecular flexibility index (Phi) is 5.73. The highest BCUT2D eigenvalue weighted by Gasteiger charge is 2.21. The second-order valence-corrected chi connectivity index (χ2v) is 14.2.